The van der Waals surface area contributed by atoms with Gasteiger partial charge in [-0.05, 0) is 24.3 Å². The van der Waals surface area contributed by atoms with Gasteiger partial charge in [0.2, 0.25) is 5.89 Å². The highest BCUT2D eigenvalue weighted by Gasteiger charge is 2.07. The van der Waals surface area contributed by atoms with Gasteiger partial charge in [0.15, 0.2) is 5.58 Å². The third-order valence-electron chi connectivity index (χ3n) is 2.33. The molecule has 0 aliphatic heterocycles. The van der Waals surface area contributed by atoms with Gasteiger partial charge in [-0.1, -0.05) is 53.4 Å². The van der Waals surface area contributed by atoms with E-state index in [1.165, 1.54) is 0 Å². The van der Waals surface area contributed by atoms with Crippen molar-refractivity contribution in [3.05, 3.63) is 72.1 Å². The Morgan fingerprint density at radius 3 is 2.72 bits per heavy atom. The second-order valence-corrected chi connectivity index (χ2v) is 4.49. The van der Waals surface area contributed by atoms with Gasteiger partial charge in [-0.25, -0.2) is 4.98 Å². The topological polar surface area (TPSA) is 26.0 Å². The molecule has 0 spiro atoms. The van der Waals surface area contributed by atoms with E-state index in [4.69, 9.17) is 4.42 Å². The lowest BCUT2D eigenvalue weighted by Gasteiger charge is -1.95. The summed E-state index contributed by atoms with van der Waals surface area (Å²) in [7, 11) is 0. The third-order valence-corrected chi connectivity index (χ3v) is 2.82. The minimum Gasteiger partial charge on any atom is -0.436 e. The van der Waals surface area contributed by atoms with Crippen molar-refractivity contribution < 1.29 is 4.42 Å². The van der Waals surface area contributed by atoms with Crippen LogP contribution in [0.3, 0.4) is 0 Å². The molecule has 0 saturated heterocycles. The van der Waals surface area contributed by atoms with Crippen molar-refractivity contribution in [1.82, 2.24) is 4.98 Å². The number of nitrogens with zero attached hydrogens (tertiary/aromatic N) is 1. The highest BCUT2D eigenvalue weighted by Crippen LogP contribution is 2.23. The molecular weight excluding hydrogens is 290 g/mol. The lowest BCUT2D eigenvalue weighted by atomic mass is 10.2. The fourth-order valence-electron chi connectivity index (χ4n) is 1.51. The first kappa shape index (κ1) is 12.6. The number of benzene rings is 1. The number of para-hydroxylation sites is 2. The highest BCUT2D eigenvalue weighted by molar-refractivity contribution is 9.11. The van der Waals surface area contributed by atoms with Crippen LogP contribution in [0.2, 0.25) is 0 Å². The standard InChI is InChI=1S/C15H12BrNO/c1-3-7-12(16)10-11(4-2)15-17-13-8-5-6-9-14(13)18-15/h3-10H,1-2H2/b11-10+,12-7+. The molecule has 90 valence electrons. The first-order valence-corrected chi connectivity index (χ1v) is 6.22. The average Bonchev–Trinajstić information content (AvgIpc) is 2.79. The van der Waals surface area contributed by atoms with E-state index in [2.05, 4.69) is 34.1 Å². The van der Waals surface area contributed by atoms with Crippen LogP contribution in [0.15, 0.2) is 70.6 Å². The Morgan fingerprint density at radius 2 is 2.06 bits per heavy atom. The summed E-state index contributed by atoms with van der Waals surface area (Å²) >= 11 is 3.42. The van der Waals surface area contributed by atoms with Gasteiger partial charge in [0.25, 0.3) is 0 Å². The number of allylic oxidation sites excluding steroid dienone is 6. The summed E-state index contributed by atoms with van der Waals surface area (Å²) < 4.78 is 6.56. The van der Waals surface area contributed by atoms with Crippen molar-refractivity contribution in [2.24, 2.45) is 0 Å². The predicted octanol–water partition coefficient (Wildman–Crippen LogP) is 4.86. The maximum Gasteiger partial charge on any atom is 0.227 e. The maximum absolute atomic E-state index is 5.68. The zero-order chi connectivity index (χ0) is 13.0. The molecule has 3 heteroatoms. The molecule has 0 bridgehead atoms. The zero-order valence-corrected chi connectivity index (χ0v) is 11.4. The van der Waals surface area contributed by atoms with Crippen molar-refractivity contribution in [3.8, 4) is 0 Å². The zero-order valence-electron chi connectivity index (χ0n) is 9.77. The van der Waals surface area contributed by atoms with E-state index in [0.717, 1.165) is 21.2 Å². The van der Waals surface area contributed by atoms with Gasteiger partial charge >= 0.3 is 0 Å². The summed E-state index contributed by atoms with van der Waals surface area (Å²) in [4.78, 5) is 4.42. The van der Waals surface area contributed by atoms with E-state index >= 15 is 0 Å². The van der Waals surface area contributed by atoms with Crippen LogP contribution < -0.4 is 0 Å². The van der Waals surface area contributed by atoms with Gasteiger partial charge in [0.1, 0.15) is 5.52 Å². The Bertz CT molecular complexity index is 616. The first-order valence-electron chi connectivity index (χ1n) is 5.43. The lowest BCUT2D eigenvalue weighted by Crippen LogP contribution is -1.80. The molecule has 0 atom stereocenters. The molecule has 18 heavy (non-hydrogen) atoms. The van der Waals surface area contributed by atoms with Crippen LogP contribution in [0, 0.1) is 0 Å². The van der Waals surface area contributed by atoms with Crippen LogP contribution in [0.1, 0.15) is 5.89 Å². The van der Waals surface area contributed by atoms with E-state index < -0.39 is 0 Å². The summed E-state index contributed by atoms with van der Waals surface area (Å²) in [6, 6.07) is 7.65. The fourth-order valence-corrected chi connectivity index (χ4v) is 1.95. The Kier molecular flexibility index (Phi) is 3.95. The quantitative estimate of drug-likeness (QED) is 0.754. The van der Waals surface area contributed by atoms with Crippen molar-refractivity contribution in [2.75, 3.05) is 0 Å². The molecule has 0 N–H and O–H groups in total. The lowest BCUT2D eigenvalue weighted by molar-refractivity contribution is 0.586. The largest absolute Gasteiger partial charge is 0.436 e. The second kappa shape index (κ2) is 5.65. The number of aromatic nitrogens is 1. The van der Waals surface area contributed by atoms with Crippen LogP contribution >= 0.6 is 15.9 Å². The summed E-state index contributed by atoms with van der Waals surface area (Å²) in [6.45, 7) is 7.42. The van der Waals surface area contributed by atoms with Crippen molar-refractivity contribution in [1.29, 1.82) is 0 Å². The monoisotopic (exact) mass is 301 g/mol. The minimum absolute atomic E-state index is 0.556. The van der Waals surface area contributed by atoms with E-state index in [-0.39, 0.29) is 0 Å². The van der Waals surface area contributed by atoms with Gasteiger partial charge in [0.05, 0.1) is 0 Å². The van der Waals surface area contributed by atoms with Crippen LogP contribution in [0.4, 0.5) is 0 Å². The summed E-state index contributed by atoms with van der Waals surface area (Å²) in [5.74, 6) is 0.556. The number of fused-ring (bicyclic) bond motifs is 1. The van der Waals surface area contributed by atoms with E-state index in [1.54, 1.807) is 12.2 Å². The summed E-state index contributed by atoms with van der Waals surface area (Å²) in [5, 5.41) is 0. The number of rotatable bonds is 4. The highest BCUT2D eigenvalue weighted by atomic mass is 79.9. The molecule has 0 saturated carbocycles. The summed E-state index contributed by atoms with van der Waals surface area (Å²) in [6.07, 6.45) is 7.14. The predicted molar refractivity (Wildman–Crippen MR) is 79.4 cm³/mol. The average molecular weight is 302 g/mol. The molecule has 1 heterocycles. The molecule has 2 nitrogen and oxygen atoms in total. The van der Waals surface area contributed by atoms with E-state index in [0.29, 0.717) is 5.89 Å². The Labute approximate surface area is 114 Å². The molecule has 1 aromatic carbocycles. The van der Waals surface area contributed by atoms with Gasteiger partial charge in [-0.3, -0.25) is 0 Å². The maximum atomic E-state index is 5.68. The SMILES string of the molecule is C=C/C=C(Br)\C=C(/C=C)c1nc2ccccc2o1. The van der Waals surface area contributed by atoms with Crippen LogP contribution in [0.25, 0.3) is 16.7 Å². The Hall–Kier alpha value is -1.87. The molecule has 0 aliphatic carbocycles. The van der Waals surface area contributed by atoms with Gasteiger partial charge in [0, 0.05) is 10.1 Å². The normalized spacial score (nSPS) is 12.7. The molecule has 2 aromatic rings. The molecule has 0 unspecified atom stereocenters. The smallest absolute Gasteiger partial charge is 0.227 e. The molecule has 0 aliphatic rings. The first-order chi connectivity index (χ1) is 8.74. The Balaban J connectivity index is 2.47. The van der Waals surface area contributed by atoms with E-state index in [9.17, 15) is 0 Å². The molecule has 2 rings (SSSR count). The van der Waals surface area contributed by atoms with Gasteiger partial charge in [-0.2, -0.15) is 0 Å². The number of hydrogen-bond donors (Lipinski definition) is 0. The van der Waals surface area contributed by atoms with Crippen LogP contribution in [0.5, 0.6) is 0 Å². The van der Waals surface area contributed by atoms with Crippen molar-refractivity contribution in [2.45, 2.75) is 0 Å². The van der Waals surface area contributed by atoms with Crippen molar-refractivity contribution >= 4 is 32.6 Å². The number of oxazole rings is 1. The summed E-state index contributed by atoms with van der Waals surface area (Å²) in [5.41, 5.74) is 2.42. The molecular formula is C15H12BrNO. The molecule has 0 amide bonds. The van der Waals surface area contributed by atoms with Gasteiger partial charge in [-0.15, -0.1) is 0 Å². The van der Waals surface area contributed by atoms with Crippen LogP contribution in [-0.4, -0.2) is 4.98 Å². The number of hydrogen-bond acceptors (Lipinski definition) is 2. The van der Waals surface area contributed by atoms with Crippen LogP contribution in [-0.2, 0) is 0 Å². The second-order valence-electron chi connectivity index (χ2n) is 3.58. The Morgan fingerprint density at radius 1 is 1.28 bits per heavy atom. The molecule has 1 aromatic heterocycles. The number of halogens is 1. The van der Waals surface area contributed by atoms with Crippen molar-refractivity contribution in [3.63, 3.8) is 0 Å². The fraction of sp³-hybridized carbons (Fsp3) is 0. The minimum atomic E-state index is 0.556. The third kappa shape index (κ3) is 2.68. The van der Waals surface area contributed by atoms with Gasteiger partial charge < -0.3 is 4.42 Å². The molecule has 0 radical (unpaired) electrons. The molecule has 0 fully saturated rings. The van der Waals surface area contributed by atoms with E-state index in [1.807, 2.05) is 36.4 Å².